The molecular formula is C16H19ClFN3O3. The number of aliphatic hydroxyl groups excluding tert-OH is 1. The third-order valence-corrected chi connectivity index (χ3v) is 4.06. The summed E-state index contributed by atoms with van der Waals surface area (Å²) in [6.07, 6.45) is 0.214. The number of halogens is 2. The summed E-state index contributed by atoms with van der Waals surface area (Å²) in [5, 5.41) is 16.2. The number of rotatable bonds is 4. The largest absolute Gasteiger partial charge is 0.391 e. The molecule has 1 aromatic heterocycles. The van der Waals surface area contributed by atoms with Crippen LogP contribution in [0.3, 0.4) is 0 Å². The lowest BCUT2D eigenvalue weighted by Crippen LogP contribution is -2.30. The van der Waals surface area contributed by atoms with Gasteiger partial charge in [-0.25, -0.2) is 4.39 Å². The van der Waals surface area contributed by atoms with Crippen LogP contribution in [0.1, 0.15) is 18.6 Å². The standard InChI is InChI=1S/C16H18FN3O3.ClH/c17-11-3-1-2-9(4-11)14-7-12(23-20-14)8-19-16(22)10-5-13(18)15(21)6-10;/h1-4,7,10,13,15,21H,5-6,8,18H2,(H,19,22);1H/t10-,13+,15+;/m0./s1. The minimum Gasteiger partial charge on any atom is -0.391 e. The fraction of sp³-hybridized carbons (Fsp3) is 0.375. The Morgan fingerprint density at radius 2 is 2.21 bits per heavy atom. The van der Waals surface area contributed by atoms with Crippen LogP contribution >= 0.6 is 12.4 Å². The Morgan fingerprint density at radius 3 is 2.88 bits per heavy atom. The Hall–Kier alpha value is -1.96. The summed E-state index contributed by atoms with van der Waals surface area (Å²) >= 11 is 0. The number of hydrogen-bond donors (Lipinski definition) is 3. The molecule has 2 aromatic rings. The van der Waals surface area contributed by atoms with Crippen molar-refractivity contribution in [1.29, 1.82) is 0 Å². The number of aliphatic hydroxyl groups is 1. The van der Waals surface area contributed by atoms with E-state index in [0.717, 1.165) is 0 Å². The van der Waals surface area contributed by atoms with Gasteiger partial charge in [-0.3, -0.25) is 4.79 Å². The molecule has 130 valence electrons. The SMILES string of the molecule is Cl.N[C@@H]1C[C@H](C(=O)NCc2cc(-c3cccc(F)c3)no2)C[C@H]1O. The van der Waals surface area contributed by atoms with Crippen LogP contribution in [0, 0.1) is 11.7 Å². The van der Waals surface area contributed by atoms with Crippen LogP contribution in [0.15, 0.2) is 34.9 Å². The van der Waals surface area contributed by atoms with E-state index in [1.54, 1.807) is 18.2 Å². The van der Waals surface area contributed by atoms with Gasteiger partial charge in [0.25, 0.3) is 0 Å². The lowest BCUT2D eigenvalue weighted by Gasteiger charge is -2.08. The summed E-state index contributed by atoms with van der Waals surface area (Å²) < 4.78 is 18.4. The van der Waals surface area contributed by atoms with Gasteiger partial charge in [0.15, 0.2) is 5.76 Å². The van der Waals surface area contributed by atoms with Gasteiger partial charge in [-0.1, -0.05) is 17.3 Å². The van der Waals surface area contributed by atoms with Crippen LogP contribution in [-0.4, -0.2) is 28.3 Å². The molecule has 1 aliphatic carbocycles. The van der Waals surface area contributed by atoms with Gasteiger partial charge in [0.1, 0.15) is 11.5 Å². The van der Waals surface area contributed by atoms with E-state index in [9.17, 15) is 14.3 Å². The first-order chi connectivity index (χ1) is 11.0. The highest BCUT2D eigenvalue weighted by Gasteiger charge is 2.34. The Kier molecular flexibility index (Phi) is 5.93. The lowest BCUT2D eigenvalue weighted by atomic mass is 10.1. The molecule has 1 saturated carbocycles. The highest BCUT2D eigenvalue weighted by molar-refractivity contribution is 5.85. The smallest absolute Gasteiger partial charge is 0.223 e. The Balaban J connectivity index is 0.00000208. The first kappa shape index (κ1) is 18.4. The van der Waals surface area contributed by atoms with Crippen LogP contribution < -0.4 is 11.1 Å². The molecule has 1 aromatic carbocycles. The molecule has 1 amide bonds. The average molecular weight is 356 g/mol. The molecule has 6 nitrogen and oxygen atoms in total. The summed E-state index contributed by atoms with van der Waals surface area (Å²) in [6.45, 7) is 0.184. The predicted octanol–water partition coefficient (Wildman–Crippen LogP) is 1.62. The van der Waals surface area contributed by atoms with E-state index in [4.69, 9.17) is 10.3 Å². The summed E-state index contributed by atoms with van der Waals surface area (Å²) in [4.78, 5) is 12.0. The van der Waals surface area contributed by atoms with Crippen LogP contribution in [-0.2, 0) is 11.3 Å². The summed E-state index contributed by atoms with van der Waals surface area (Å²) in [7, 11) is 0. The third kappa shape index (κ3) is 4.11. The van der Waals surface area contributed by atoms with Gasteiger partial charge in [-0.05, 0) is 25.0 Å². The van der Waals surface area contributed by atoms with Crippen molar-refractivity contribution in [3.05, 3.63) is 41.9 Å². The topological polar surface area (TPSA) is 101 Å². The van der Waals surface area contributed by atoms with Crippen LogP contribution in [0.25, 0.3) is 11.3 Å². The van der Waals surface area contributed by atoms with E-state index in [0.29, 0.717) is 29.9 Å². The zero-order valence-electron chi connectivity index (χ0n) is 12.8. The molecule has 4 N–H and O–H groups in total. The second-order valence-electron chi connectivity index (χ2n) is 5.81. The van der Waals surface area contributed by atoms with Crippen molar-refractivity contribution in [3.8, 4) is 11.3 Å². The molecule has 24 heavy (non-hydrogen) atoms. The van der Waals surface area contributed by atoms with Gasteiger partial charge in [0.2, 0.25) is 5.91 Å². The van der Waals surface area contributed by atoms with Crippen molar-refractivity contribution in [1.82, 2.24) is 10.5 Å². The quantitative estimate of drug-likeness (QED) is 0.773. The van der Waals surface area contributed by atoms with E-state index < -0.39 is 6.10 Å². The molecule has 0 aliphatic heterocycles. The van der Waals surface area contributed by atoms with Crippen molar-refractivity contribution in [2.24, 2.45) is 11.7 Å². The second-order valence-corrected chi connectivity index (χ2v) is 5.81. The molecule has 1 heterocycles. The molecule has 0 bridgehead atoms. The highest BCUT2D eigenvalue weighted by atomic mass is 35.5. The van der Waals surface area contributed by atoms with Gasteiger partial charge >= 0.3 is 0 Å². The van der Waals surface area contributed by atoms with Crippen LogP contribution in [0.5, 0.6) is 0 Å². The molecule has 8 heteroatoms. The highest BCUT2D eigenvalue weighted by Crippen LogP contribution is 2.25. The number of nitrogens with two attached hydrogens (primary N) is 1. The Labute approximate surface area is 144 Å². The Morgan fingerprint density at radius 1 is 1.42 bits per heavy atom. The molecule has 1 fully saturated rings. The number of hydrogen-bond acceptors (Lipinski definition) is 5. The van der Waals surface area contributed by atoms with E-state index in [2.05, 4.69) is 10.5 Å². The number of benzene rings is 1. The fourth-order valence-corrected chi connectivity index (χ4v) is 2.76. The maximum atomic E-state index is 13.2. The van der Waals surface area contributed by atoms with E-state index in [-0.39, 0.29) is 42.6 Å². The molecule has 0 radical (unpaired) electrons. The lowest BCUT2D eigenvalue weighted by molar-refractivity contribution is -0.125. The normalized spacial score (nSPS) is 22.9. The van der Waals surface area contributed by atoms with Crippen molar-refractivity contribution in [2.45, 2.75) is 31.5 Å². The third-order valence-electron chi connectivity index (χ3n) is 4.06. The fourth-order valence-electron chi connectivity index (χ4n) is 2.76. The first-order valence-corrected chi connectivity index (χ1v) is 7.46. The van der Waals surface area contributed by atoms with Crippen LogP contribution in [0.2, 0.25) is 0 Å². The van der Waals surface area contributed by atoms with E-state index >= 15 is 0 Å². The van der Waals surface area contributed by atoms with Crippen LogP contribution in [0.4, 0.5) is 4.39 Å². The average Bonchev–Trinajstić information content (AvgIpc) is 3.12. The van der Waals surface area contributed by atoms with E-state index in [1.807, 2.05) is 0 Å². The minimum absolute atomic E-state index is 0. The summed E-state index contributed by atoms with van der Waals surface area (Å²) in [5.41, 5.74) is 6.82. The van der Waals surface area contributed by atoms with Gasteiger partial charge in [-0.2, -0.15) is 0 Å². The van der Waals surface area contributed by atoms with Gasteiger partial charge in [-0.15, -0.1) is 12.4 Å². The summed E-state index contributed by atoms with van der Waals surface area (Å²) in [5.74, 6) is -0.330. The van der Waals surface area contributed by atoms with Crippen molar-refractivity contribution >= 4 is 18.3 Å². The number of nitrogens with one attached hydrogen (secondary N) is 1. The number of aromatic nitrogens is 1. The number of nitrogens with zero attached hydrogens (tertiary/aromatic N) is 1. The number of carbonyl (C=O) groups is 1. The molecule has 0 saturated heterocycles. The minimum atomic E-state index is -0.629. The summed E-state index contributed by atoms with van der Waals surface area (Å²) in [6, 6.07) is 7.34. The molecule has 3 rings (SSSR count). The second kappa shape index (κ2) is 7.74. The zero-order valence-corrected chi connectivity index (χ0v) is 13.6. The van der Waals surface area contributed by atoms with Crippen molar-refractivity contribution < 1.29 is 18.8 Å². The molecule has 1 aliphatic rings. The molecule has 3 atom stereocenters. The van der Waals surface area contributed by atoms with Crippen molar-refractivity contribution in [3.63, 3.8) is 0 Å². The maximum Gasteiger partial charge on any atom is 0.223 e. The monoisotopic (exact) mass is 355 g/mol. The Bertz CT molecular complexity index is 699. The van der Waals surface area contributed by atoms with Gasteiger partial charge in [0.05, 0.1) is 12.6 Å². The van der Waals surface area contributed by atoms with E-state index in [1.165, 1.54) is 12.1 Å². The molecular weight excluding hydrogens is 337 g/mol. The van der Waals surface area contributed by atoms with Gasteiger partial charge in [0, 0.05) is 23.6 Å². The predicted molar refractivity (Wildman–Crippen MR) is 87.7 cm³/mol. The first-order valence-electron chi connectivity index (χ1n) is 7.46. The van der Waals surface area contributed by atoms with Gasteiger partial charge < -0.3 is 20.7 Å². The molecule has 0 spiro atoms. The van der Waals surface area contributed by atoms with Crippen molar-refractivity contribution in [2.75, 3.05) is 0 Å². The number of carbonyl (C=O) groups excluding carboxylic acids is 1. The number of amides is 1. The molecule has 0 unspecified atom stereocenters. The zero-order chi connectivity index (χ0) is 16.4. The maximum absolute atomic E-state index is 13.2.